The summed E-state index contributed by atoms with van der Waals surface area (Å²) >= 11 is 0. The van der Waals surface area contributed by atoms with Crippen LogP contribution in [0.15, 0.2) is 12.2 Å². The fourth-order valence-corrected chi connectivity index (χ4v) is 0. The molecule has 1 radical (unpaired) electrons. The normalized spacial score (nSPS) is 6.86. The number of rotatable bonds is 0. The summed E-state index contributed by atoms with van der Waals surface area (Å²) in [5.74, 6) is 0. The minimum absolute atomic E-state index is 0. The van der Waals surface area contributed by atoms with Crippen LogP contribution in [0.3, 0.4) is 0 Å². The number of hydrogen-bond donors (Lipinski definition) is 0. The molecule has 0 saturated carbocycles. The molecule has 0 nitrogen and oxygen atoms in total. The predicted octanol–water partition coefficient (Wildman–Crippen LogP) is 1.99. The summed E-state index contributed by atoms with van der Waals surface area (Å²) in [6.07, 6.45) is -5.81. The van der Waals surface area contributed by atoms with E-state index >= 15 is 0 Å². The summed E-state index contributed by atoms with van der Waals surface area (Å²) < 4.78 is 41.1. The van der Waals surface area contributed by atoms with Crippen LogP contribution >= 0.6 is 0 Å². The van der Waals surface area contributed by atoms with Crippen molar-refractivity contribution in [2.75, 3.05) is 0 Å². The zero-order valence-electron chi connectivity index (χ0n) is 2.85. The van der Waals surface area contributed by atoms with Gasteiger partial charge in [-0.05, 0) is 0 Å². The topological polar surface area (TPSA) is 0 Å². The fourth-order valence-electron chi connectivity index (χ4n) is 0. The van der Waals surface area contributed by atoms with Gasteiger partial charge in [0.1, 0.15) is 0 Å². The molecule has 0 heterocycles. The van der Waals surface area contributed by atoms with Crippen molar-refractivity contribution in [3.8, 4) is 0 Å². The Labute approximate surface area is 47.4 Å². The molecule has 0 aliphatic carbocycles. The van der Waals surface area contributed by atoms with Crippen LogP contribution in [0.1, 0.15) is 0 Å². The molecule has 0 aromatic carbocycles. The third-order valence-corrected chi connectivity index (χ3v) is 0.143. The van der Waals surface area contributed by atoms with E-state index < -0.39 is 12.2 Å². The van der Waals surface area contributed by atoms with Crippen LogP contribution in [0, 0.1) is 0 Å². The van der Waals surface area contributed by atoms with E-state index in [2.05, 4.69) is 0 Å². The van der Waals surface area contributed by atoms with Crippen LogP contribution in [0.25, 0.3) is 0 Å². The predicted molar refractivity (Wildman–Crippen MR) is 11.5 cm³/mol. The molecule has 45 valence electrons. The maximum Gasteiger partial charge on any atom is 0.334 e. The van der Waals surface area contributed by atoms with E-state index in [4.69, 9.17) is 0 Å². The van der Waals surface area contributed by atoms with Gasteiger partial charge in [-0.15, -0.1) is 0 Å². The van der Waals surface area contributed by atoms with Gasteiger partial charge in [0.05, 0.1) is 0 Å². The second-order valence-electron chi connectivity index (χ2n) is 0.521. The minimum Gasteiger partial charge on any atom is -0.167 e. The summed E-state index contributed by atoms with van der Waals surface area (Å²) in [5.41, 5.74) is 0. The van der Waals surface area contributed by atoms with E-state index in [9.17, 15) is 17.6 Å². The SMILES string of the molecule is FC(F)=C(F)F.[Co]. The summed E-state index contributed by atoms with van der Waals surface area (Å²) in [6, 6.07) is 0. The Hall–Kier alpha value is -0.0335. The quantitative estimate of drug-likeness (QED) is 0.474. The number of hydrogen-bond acceptors (Lipinski definition) is 0. The van der Waals surface area contributed by atoms with Crippen molar-refractivity contribution >= 4 is 0 Å². The van der Waals surface area contributed by atoms with Crippen LogP contribution in [-0.2, 0) is 16.8 Å². The first-order valence-electron chi connectivity index (χ1n) is 1.01. The third kappa shape index (κ3) is 5.97. The number of halogens is 4. The van der Waals surface area contributed by atoms with Gasteiger partial charge in [-0.2, -0.15) is 17.6 Å². The molecule has 0 atom stereocenters. The van der Waals surface area contributed by atoms with Crippen molar-refractivity contribution < 1.29 is 34.3 Å². The van der Waals surface area contributed by atoms with Gasteiger partial charge >= 0.3 is 12.2 Å². The van der Waals surface area contributed by atoms with Gasteiger partial charge in [-0.25, -0.2) is 0 Å². The van der Waals surface area contributed by atoms with Crippen molar-refractivity contribution in [2.45, 2.75) is 0 Å². The Bertz CT molecular complexity index is 59.8. The molecule has 0 aromatic heterocycles. The standard InChI is InChI=1S/C2F4.Co/c3-1(4)2(5)6;. The van der Waals surface area contributed by atoms with Gasteiger partial charge in [-0.3, -0.25) is 0 Å². The Balaban J connectivity index is 0. The molecular weight excluding hydrogens is 159 g/mol. The fraction of sp³-hybridized carbons (Fsp3) is 0. The maximum atomic E-state index is 10.3. The van der Waals surface area contributed by atoms with Crippen LogP contribution < -0.4 is 0 Å². The van der Waals surface area contributed by atoms with Gasteiger partial charge in [0.15, 0.2) is 0 Å². The van der Waals surface area contributed by atoms with Crippen molar-refractivity contribution in [3.63, 3.8) is 0 Å². The molecule has 0 spiro atoms. The molecule has 0 rings (SSSR count). The largest absolute Gasteiger partial charge is 0.334 e. The molecule has 0 saturated heterocycles. The average molecular weight is 159 g/mol. The molecule has 7 heavy (non-hydrogen) atoms. The molecule has 0 bridgehead atoms. The molecule has 0 aromatic rings. The average Bonchev–Trinajstić information content (AvgIpc) is 1.36. The zero-order chi connectivity index (χ0) is 5.15. The van der Waals surface area contributed by atoms with Gasteiger partial charge in [0.25, 0.3) is 0 Å². The summed E-state index contributed by atoms with van der Waals surface area (Å²) in [7, 11) is 0. The van der Waals surface area contributed by atoms with Gasteiger partial charge in [0, 0.05) is 16.8 Å². The van der Waals surface area contributed by atoms with Crippen LogP contribution in [-0.4, -0.2) is 0 Å². The first kappa shape index (κ1) is 10.1. The maximum absolute atomic E-state index is 10.3. The zero-order valence-corrected chi connectivity index (χ0v) is 3.89. The molecule has 0 amide bonds. The first-order chi connectivity index (χ1) is 2.64. The Morgan fingerprint density at radius 3 is 0.857 bits per heavy atom. The van der Waals surface area contributed by atoms with Crippen LogP contribution in [0.5, 0.6) is 0 Å². The molecule has 0 unspecified atom stereocenters. The van der Waals surface area contributed by atoms with E-state index in [1.54, 1.807) is 0 Å². The monoisotopic (exact) mass is 159 g/mol. The summed E-state index contributed by atoms with van der Waals surface area (Å²) in [4.78, 5) is 0. The van der Waals surface area contributed by atoms with Crippen molar-refractivity contribution in [1.29, 1.82) is 0 Å². The van der Waals surface area contributed by atoms with Gasteiger partial charge in [0.2, 0.25) is 0 Å². The summed E-state index contributed by atoms with van der Waals surface area (Å²) in [6.45, 7) is 0. The Morgan fingerprint density at radius 1 is 0.714 bits per heavy atom. The van der Waals surface area contributed by atoms with Gasteiger partial charge in [-0.1, -0.05) is 0 Å². The van der Waals surface area contributed by atoms with Crippen LogP contribution in [0.4, 0.5) is 17.6 Å². The molecule has 0 N–H and O–H groups in total. The van der Waals surface area contributed by atoms with E-state index in [1.807, 2.05) is 0 Å². The van der Waals surface area contributed by atoms with E-state index in [1.165, 1.54) is 0 Å². The second kappa shape index (κ2) is 4.13. The first-order valence-corrected chi connectivity index (χ1v) is 1.01. The second-order valence-corrected chi connectivity index (χ2v) is 0.521. The van der Waals surface area contributed by atoms with Crippen molar-refractivity contribution in [3.05, 3.63) is 12.2 Å². The molecular formula is C2CoF4. The minimum atomic E-state index is -2.91. The molecule has 0 aliphatic rings. The Morgan fingerprint density at radius 2 is 0.857 bits per heavy atom. The molecule has 0 fully saturated rings. The summed E-state index contributed by atoms with van der Waals surface area (Å²) in [5, 5.41) is 0. The van der Waals surface area contributed by atoms with Crippen molar-refractivity contribution in [1.82, 2.24) is 0 Å². The van der Waals surface area contributed by atoms with E-state index in [0.717, 1.165) is 0 Å². The smallest absolute Gasteiger partial charge is 0.167 e. The van der Waals surface area contributed by atoms with Crippen LogP contribution in [0.2, 0.25) is 0 Å². The van der Waals surface area contributed by atoms with Crippen molar-refractivity contribution in [2.24, 2.45) is 0 Å². The third-order valence-electron chi connectivity index (χ3n) is 0.143. The van der Waals surface area contributed by atoms with E-state index in [-0.39, 0.29) is 16.8 Å². The Kier molecular flexibility index (Phi) is 5.94. The van der Waals surface area contributed by atoms with E-state index in [0.29, 0.717) is 0 Å². The van der Waals surface area contributed by atoms with Gasteiger partial charge < -0.3 is 0 Å². The molecule has 0 aliphatic heterocycles. The molecule has 5 heteroatoms.